The predicted octanol–water partition coefficient (Wildman–Crippen LogP) is 3.35. The van der Waals surface area contributed by atoms with Gasteiger partial charge in [-0.05, 0) is 36.1 Å². The van der Waals surface area contributed by atoms with E-state index < -0.39 is 0 Å². The Hall–Kier alpha value is -1.28. The predicted molar refractivity (Wildman–Crippen MR) is 74.4 cm³/mol. The van der Waals surface area contributed by atoms with E-state index in [-0.39, 0.29) is 5.41 Å². The van der Waals surface area contributed by atoms with E-state index in [1.54, 1.807) is 7.11 Å². The second kappa shape index (κ2) is 5.87. The number of ether oxygens (including phenoxy) is 1. The standard InChI is InChI=1S/C15H23NO/c1-15(2,3)13-8-9-14(17-4)12(11-13)7-5-6-10-16/h5,7-9,11H,6,10,16H2,1-4H3/b7-5+. The smallest absolute Gasteiger partial charge is 0.126 e. The summed E-state index contributed by atoms with van der Waals surface area (Å²) >= 11 is 0. The zero-order valence-corrected chi connectivity index (χ0v) is 11.3. The second-order valence-corrected chi connectivity index (χ2v) is 5.19. The second-order valence-electron chi connectivity index (χ2n) is 5.19. The van der Waals surface area contributed by atoms with Gasteiger partial charge in [0.1, 0.15) is 5.75 Å². The number of hydrogen-bond donors (Lipinski definition) is 1. The van der Waals surface area contributed by atoms with Gasteiger partial charge in [-0.25, -0.2) is 0 Å². The Bertz CT molecular complexity index is 388. The van der Waals surface area contributed by atoms with Crippen LogP contribution in [0.4, 0.5) is 0 Å². The summed E-state index contributed by atoms with van der Waals surface area (Å²) in [6, 6.07) is 6.34. The van der Waals surface area contributed by atoms with Crippen LogP contribution in [0, 0.1) is 0 Å². The Morgan fingerprint density at radius 1 is 1.29 bits per heavy atom. The van der Waals surface area contributed by atoms with Crippen molar-refractivity contribution in [3.8, 4) is 5.75 Å². The van der Waals surface area contributed by atoms with Crippen molar-refractivity contribution in [1.29, 1.82) is 0 Å². The van der Waals surface area contributed by atoms with Gasteiger partial charge in [0.05, 0.1) is 7.11 Å². The molecule has 1 rings (SSSR count). The molecule has 2 nitrogen and oxygen atoms in total. The van der Waals surface area contributed by atoms with Crippen molar-refractivity contribution in [2.45, 2.75) is 32.6 Å². The van der Waals surface area contributed by atoms with Gasteiger partial charge >= 0.3 is 0 Å². The van der Waals surface area contributed by atoms with Crippen molar-refractivity contribution in [2.24, 2.45) is 5.73 Å². The summed E-state index contributed by atoms with van der Waals surface area (Å²) in [5.41, 5.74) is 8.07. The first-order valence-corrected chi connectivity index (χ1v) is 6.04. The van der Waals surface area contributed by atoms with Crippen LogP contribution in [0.2, 0.25) is 0 Å². The van der Waals surface area contributed by atoms with Crippen LogP contribution in [0.15, 0.2) is 24.3 Å². The summed E-state index contributed by atoms with van der Waals surface area (Å²) in [5.74, 6) is 0.909. The molecule has 94 valence electrons. The molecule has 2 heteroatoms. The minimum atomic E-state index is 0.155. The van der Waals surface area contributed by atoms with E-state index in [0.717, 1.165) is 17.7 Å². The lowest BCUT2D eigenvalue weighted by atomic mass is 9.86. The highest BCUT2D eigenvalue weighted by atomic mass is 16.5. The maximum Gasteiger partial charge on any atom is 0.126 e. The fraction of sp³-hybridized carbons (Fsp3) is 0.467. The molecule has 0 saturated heterocycles. The van der Waals surface area contributed by atoms with E-state index >= 15 is 0 Å². The van der Waals surface area contributed by atoms with Gasteiger partial charge in [-0.1, -0.05) is 39.0 Å². The van der Waals surface area contributed by atoms with Crippen LogP contribution in [-0.4, -0.2) is 13.7 Å². The molecule has 0 fully saturated rings. The highest BCUT2D eigenvalue weighted by molar-refractivity contribution is 5.59. The number of nitrogens with two attached hydrogens (primary N) is 1. The largest absolute Gasteiger partial charge is 0.496 e. The van der Waals surface area contributed by atoms with E-state index in [9.17, 15) is 0 Å². The van der Waals surface area contributed by atoms with Crippen LogP contribution in [0.3, 0.4) is 0 Å². The quantitative estimate of drug-likeness (QED) is 0.865. The van der Waals surface area contributed by atoms with Crippen LogP contribution in [-0.2, 0) is 5.41 Å². The third-order valence-corrected chi connectivity index (χ3v) is 2.73. The van der Waals surface area contributed by atoms with Gasteiger partial charge in [0.15, 0.2) is 0 Å². The molecule has 0 unspecified atom stereocenters. The van der Waals surface area contributed by atoms with Crippen LogP contribution in [0.25, 0.3) is 6.08 Å². The van der Waals surface area contributed by atoms with E-state index in [0.29, 0.717) is 6.54 Å². The molecule has 17 heavy (non-hydrogen) atoms. The zero-order valence-electron chi connectivity index (χ0n) is 11.3. The van der Waals surface area contributed by atoms with E-state index in [2.05, 4.69) is 45.1 Å². The van der Waals surface area contributed by atoms with Crippen molar-refractivity contribution >= 4 is 6.08 Å². The van der Waals surface area contributed by atoms with Gasteiger partial charge in [-0.3, -0.25) is 0 Å². The van der Waals surface area contributed by atoms with Crippen molar-refractivity contribution in [1.82, 2.24) is 0 Å². The topological polar surface area (TPSA) is 35.2 Å². The van der Waals surface area contributed by atoms with Gasteiger partial charge < -0.3 is 10.5 Å². The van der Waals surface area contributed by atoms with E-state index in [1.165, 1.54) is 5.56 Å². The van der Waals surface area contributed by atoms with Crippen molar-refractivity contribution in [3.63, 3.8) is 0 Å². The summed E-state index contributed by atoms with van der Waals surface area (Å²) in [7, 11) is 1.70. The first-order chi connectivity index (χ1) is 7.99. The van der Waals surface area contributed by atoms with Crippen molar-refractivity contribution in [3.05, 3.63) is 35.4 Å². The average Bonchev–Trinajstić information content (AvgIpc) is 2.28. The number of rotatable bonds is 4. The van der Waals surface area contributed by atoms with Crippen molar-refractivity contribution in [2.75, 3.05) is 13.7 Å². The van der Waals surface area contributed by atoms with E-state index in [1.807, 2.05) is 6.07 Å². The summed E-state index contributed by atoms with van der Waals surface area (Å²) < 4.78 is 5.36. The summed E-state index contributed by atoms with van der Waals surface area (Å²) in [6.07, 6.45) is 5.06. The first-order valence-electron chi connectivity index (χ1n) is 6.04. The van der Waals surface area contributed by atoms with Crippen molar-refractivity contribution < 1.29 is 4.74 Å². The SMILES string of the molecule is COc1ccc(C(C)(C)C)cc1/C=C/CCN. The number of methoxy groups -OCH3 is 1. The highest BCUT2D eigenvalue weighted by Gasteiger charge is 2.14. The maximum atomic E-state index is 5.48. The van der Waals surface area contributed by atoms with E-state index in [4.69, 9.17) is 10.5 Å². The average molecular weight is 233 g/mol. The molecule has 0 saturated carbocycles. The monoisotopic (exact) mass is 233 g/mol. The van der Waals surface area contributed by atoms with Crippen LogP contribution >= 0.6 is 0 Å². The number of benzene rings is 1. The summed E-state index contributed by atoms with van der Waals surface area (Å²) in [6.45, 7) is 7.31. The molecule has 0 amide bonds. The lowest BCUT2D eigenvalue weighted by Gasteiger charge is -2.20. The molecule has 0 atom stereocenters. The summed E-state index contributed by atoms with van der Waals surface area (Å²) in [5, 5.41) is 0. The molecule has 1 aromatic rings. The molecule has 0 heterocycles. The molecule has 0 bridgehead atoms. The van der Waals surface area contributed by atoms with Crippen LogP contribution < -0.4 is 10.5 Å². The zero-order chi connectivity index (χ0) is 12.9. The fourth-order valence-electron chi connectivity index (χ4n) is 1.64. The third-order valence-electron chi connectivity index (χ3n) is 2.73. The third kappa shape index (κ3) is 3.90. The lowest BCUT2D eigenvalue weighted by molar-refractivity contribution is 0.413. The molecule has 1 aromatic carbocycles. The van der Waals surface area contributed by atoms with Gasteiger partial charge in [0.2, 0.25) is 0 Å². The minimum absolute atomic E-state index is 0.155. The molecular formula is C15H23NO. The normalized spacial score (nSPS) is 12.1. The Labute approximate surface area is 104 Å². The maximum absolute atomic E-state index is 5.48. The molecule has 0 radical (unpaired) electrons. The van der Waals surface area contributed by atoms with Gasteiger partial charge in [0, 0.05) is 5.56 Å². The molecule has 0 aliphatic carbocycles. The Balaban J connectivity index is 3.07. The van der Waals surface area contributed by atoms with Crippen LogP contribution in [0.5, 0.6) is 5.75 Å². The summed E-state index contributed by atoms with van der Waals surface area (Å²) in [4.78, 5) is 0. The Morgan fingerprint density at radius 2 is 2.00 bits per heavy atom. The molecule has 0 spiro atoms. The van der Waals surface area contributed by atoms with Gasteiger partial charge in [0.25, 0.3) is 0 Å². The molecule has 0 aliphatic heterocycles. The molecule has 2 N–H and O–H groups in total. The van der Waals surface area contributed by atoms with Gasteiger partial charge in [-0.15, -0.1) is 0 Å². The molecular weight excluding hydrogens is 210 g/mol. The number of hydrogen-bond acceptors (Lipinski definition) is 2. The lowest BCUT2D eigenvalue weighted by Crippen LogP contribution is -2.11. The molecule has 0 aliphatic rings. The molecule has 0 aromatic heterocycles. The highest BCUT2D eigenvalue weighted by Crippen LogP contribution is 2.28. The van der Waals surface area contributed by atoms with Crippen LogP contribution in [0.1, 0.15) is 38.3 Å². The Kier molecular flexibility index (Phi) is 4.76. The first kappa shape index (κ1) is 13.8. The Morgan fingerprint density at radius 3 is 2.53 bits per heavy atom. The van der Waals surface area contributed by atoms with Gasteiger partial charge in [-0.2, -0.15) is 0 Å². The fourth-order valence-corrected chi connectivity index (χ4v) is 1.64. The minimum Gasteiger partial charge on any atom is -0.496 e.